The van der Waals surface area contributed by atoms with Gasteiger partial charge in [-0.05, 0) is 30.3 Å². The van der Waals surface area contributed by atoms with Crippen molar-refractivity contribution in [3.63, 3.8) is 0 Å². The molecule has 2 aromatic rings. The molecule has 0 atom stereocenters. The molecule has 7 heteroatoms. The normalized spacial score (nSPS) is 10.8. The Morgan fingerprint density at radius 3 is 2.61 bits per heavy atom. The minimum Gasteiger partial charge on any atom is -0.477 e. The van der Waals surface area contributed by atoms with Crippen molar-refractivity contribution in [2.24, 2.45) is 0 Å². The highest BCUT2D eigenvalue weighted by Gasteiger charge is 2.13. The van der Waals surface area contributed by atoms with Crippen molar-refractivity contribution in [2.45, 2.75) is 13.0 Å². The van der Waals surface area contributed by atoms with E-state index in [0.29, 0.717) is 23.4 Å². The topological polar surface area (TPSA) is 103 Å². The van der Waals surface area contributed by atoms with Crippen LogP contribution in [0.1, 0.15) is 12.0 Å². The summed E-state index contributed by atoms with van der Waals surface area (Å²) in [6.07, 6.45) is 2.99. The first-order valence-corrected chi connectivity index (χ1v) is 6.60. The molecule has 1 aromatic carbocycles. The third kappa shape index (κ3) is 3.80. The summed E-state index contributed by atoms with van der Waals surface area (Å²) >= 11 is 0. The summed E-state index contributed by atoms with van der Waals surface area (Å²) in [5.74, 6) is -1.75. The second-order valence-corrected chi connectivity index (χ2v) is 4.59. The Morgan fingerprint density at radius 1 is 1.35 bits per heavy atom. The number of carboxylic acids is 1. The van der Waals surface area contributed by atoms with Crippen LogP contribution in [0.4, 0.5) is 4.39 Å². The molecule has 0 bridgehead atoms. The number of benzene rings is 1. The molecule has 0 fully saturated rings. The van der Waals surface area contributed by atoms with Crippen LogP contribution < -0.4 is 0 Å². The van der Waals surface area contributed by atoms with Crippen LogP contribution in [0.15, 0.2) is 36.0 Å². The van der Waals surface area contributed by atoms with E-state index < -0.39 is 17.4 Å². The SMILES string of the molecule is N#CCCn1cc(C=C(C#N)C(=O)O)c(-c2ccc(F)cc2)n1. The second kappa shape index (κ2) is 7.01. The molecule has 0 saturated carbocycles. The van der Waals surface area contributed by atoms with Crippen LogP contribution in [0, 0.1) is 28.5 Å². The van der Waals surface area contributed by atoms with Gasteiger partial charge in [-0.25, -0.2) is 9.18 Å². The van der Waals surface area contributed by atoms with E-state index in [2.05, 4.69) is 5.10 Å². The number of aryl methyl sites for hydroxylation is 1. The molecule has 0 unspecified atom stereocenters. The average Bonchev–Trinajstić information content (AvgIpc) is 2.94. The van der Waals surface area contributed by atoms with Crippen molar-refractivity contribution >= 4 is 12.0 Å². The molecule has 0 aliphatic carbocycles. The minimum atomic E-state index is -1.35. The van der Waals surface area contributed by atoms with Gasteiger partial charge >= 0.3 is 5.97 Å². The van der Waals surface area contributed by atoms with Gasteiger partial charge in [-0.3, -0.25) is 4.68 Å². The highest BCUT2D eigenvalue weighted by molar-refractivity contribution is 5.97. The Hall–Kier alpha value is -3.45. The molecule has 0 radical (unpaired) electrons. The number of rotatable bonds is 5. The maximum absolute atomic E-state index is 13.1. The van der Waals surface area contributed by atoms with Crippen LogP contribution in [-0.4, -0.2) is 20.9 Å². The van der Waals surface area contributed by atoms with Gasteiger partial charge in [0, 0.05) is 17.3 Å². The van der Waals surface area contributed by atoms with Crippen LogP contribution in [-0.2, 0) is 11.3 Å². The number of halogens is 1. The van der Waals surface area contributed by atoms with Gasteiger partial charge in [0.05, 0.1) is 24.7 Å². The van der Waals surface area contributed by atoms with E-state index in [0.717, 1.165) is 0 Å². The molecule has 114 valence electrons. The van der Waals surface area contributed by atoms with Gasteiger partial charge in [0.15, 0.2) is 0 Å². The fourth-order valence-electron chi connectivity index (χ4n) is 1.95. The number of hydrogen-bond acceptors (Lipinski definition) is 4. The highest BCUT2D eigenvalue weighted by Crippen LogP contribution is 2.24. The van der Waals surface area contributed by atoms with Gasteiger partial charge in [0.1, 0.15) is 17.5 Å². The van der Waals surface area contributed by atoms with Crippen molar-refractivity contribution in [3.05, 3.63) is 47.4 Å². The second-order valence-electron chi connectivity index (χ2n) is 4.59. The zero-order valence-corrected chi connectivity index (χ0v) is 11.9. The van der Waals surface area contributed by atoms with Gasteiger partial charge < -0.3 is 5.11 Å². The molecule has 6 nitrogen and oxygen atoms in total. The average molecular weight is 310 g/mol. The molecule has 0 aliphatic rings. The number of aromatic nitrogens is 2. The van der Waals surface area contributed by atoms with E-state index in [1.165, 1.54) is 35.0 Å². The smallest absolute Gasteiger partial charge is 0.346 e. The summed E-state index contributed by atoms with van der Waals surface area (Å²) < 4.78 is 14.5. The standard InChI is InChI=1S/C16H11FN4O2/c17-14-4-2-11(3-5-14)15-13(8-12(9-19)16(22)23)10-21(20-15)7-1-6-18/h2-5,8,10H,1,7H2,(H,22,23). The lowest BCUT2D eigenvalue weighted by Gasteiger charge is -1.99. The number of nitrogens with zero attached hydrogens (tertiary/aromatic N) is 4. The molecule has 0 spiro atoms. The molecule has 23 heavy (non-hydrogen) atoms. The van der Waals surface area contributed by atoms with Crippen LogP contribution >= 0.6 is 0 Å². The molecule has 2 rings (SSSR count). The lowest BCUT2D eigenvalue weighted by Crippen LogP contribution is -1.97. The van der Waals surface area contributed by atoms with E-state index in [-0.39, 0.29) is 6.42 Å². The van der Waals surface area contributed by atoms with Crippen LogP contribution in [0.25, 0.3) is 17.3 Å². The quantitative estimate of drug-likeness (QED) is 0.675. The lowest BCUT2D eigenvalue weighted by atomic mass is 10.1. The van der Waals surface area contributed by atoms with Gasteiger partial charge in [0.2, 0.25) is 0 Å². The van der Waals surface area contributed by atoms with Crippen molar-refractivity contribution in [1.82, 2.24) is 9.78 Å². The molecule has 0 amide bonds. The Morgan fingerprint density at radius 2 is 2.04 bits per heavy atom. The molecule has 1 heterocycles. The van der Waals surface area contributed by atoms with Crippen molar-refractivity contribution in [1.29, 1.82) is 10.5 Å². The highest BCUT2D eigenvalue weighted by atomic mass is 19.1. The molecule has 0 aliphatic heterocycles. The number of nitriles is 2. The lowest BCUT2D eigenvalue weighted by molar-refractivity contribution is -0.132. The minimum absolute atomic E-state index is 0.234. The maximum atomic E-state index is 13.1. The summed E-state index contributed by atoms with van der Waals surface area (Å²) in [5.41, 5.74) is 0.967. The van der Waals surface area contributed by atoms with E-state index in [1.54, 1.807) is 12.3 Å². The fourth-order valence-corrected chi connectivity index (χ4v) is 1.95. The maximum Gasteiger partial charge on any atom is 0.346 e. The Balaban J connectivity index is 2.53. The van der Waals surface area contributed by atoms with Crippen LogP contribution in [0.5, 0.6) is 0 Å². The Bertz CT molecular complexity index is 838. The largest absolute Gasteiger partial charge is 0.477 e. The third-order valence-electron chi connectivity index (χ3n) is 3.01. The van der Waals surface area contributed by atoms with E-state index in [1.807, 2.05) is 6.07 Å². The molecular formula is C16H11FN4O2. The van der Waals surface area contributed by atoms with Gasteiger partial charge in [0.25, 0.3) is 0 Å². The monoisotopic (exact) mass is 310 g/mol. The van der Waals surface area contributed by atoms with E-state index in [4.69, 9.17) is 15.6 Å². The Kier molecular flexibility index (Phi) is 4.85. The van der Waals surface area contributed by atoms with Crippen molar-refractivity contribution in [3.8, 4) is 23.4 Å². The number of hydrogen-bond donors (Lipinski definition) is 1. The molecular weight excluding hydrogens is 299 g/mol. The third-order valence-corrected chi connectivity index (χ3v) is 3.01. The van der Waals surface area contributed by atoms with Crippen LogP contribution in [0.3, 0.4) is 0 Å². The summed E-state index contributed by atoms with van der Waals surface area (Å²) in [7, 11) is 0. The summed E-state index contributed by atoms with van der Waals surface area (Å²) in [5, 5.41) is 30.8. The molecule has 1 aromatic heterocycles. The zero-order valence-electron chi connectivity index (χ0n) is 11.9. The van der Waals surface area contributed by atoms with E-state index >= 15 is 0 Å². The Labute approximate surface area is 131 Å². The first-order chi connectivity index (χ1) is 11.0. The molecule has 0 saturated heterocycles. The predicted molar refractivity (Wildman–Crippen MR) is 79.1 cm³/mol. The van der Waals surface area contributed by atoms with E-state index in [9.17, 15) is 9.18 Å². The summed E-state index contributed by atoms with van der Waals surface area (Å²) in [6, 6.07) is 9.14. The van der Waals surface area contributed by atoms with Crippen molar-refractivity contribution < 1.29 is 14.3 Å². The van der Waals surface area contributed by atoms with Crippen molar-refractivity contribution in [2.75, 3.05) is 0 Å². The molecule has 1 N–H and O–H groups in total. The fraction of sp³-hybridized carbons (Fsp3) is 0.125. The number of aliphatic carboxylic acids is 1. The zero-order chi connectivity index (χ0) is 16.8. The first-order valence-electron chi connectivity index (χ1n) is 6.60. The van der Waals surface area contributed by atoms with Gasteiger partial charge in [-0.1, -0.05) is 0 Å². The predicted octanol–water partition coefficient (Wildman–Crippen LogP) is 2.59. The summed E-state index contributed by atoms with van der Waals surface area (Å²) in [6.45, 7) is 0.327. The van der Waals surface area contributed by atoms with Gasteiger partial charge in [-0.2, -0.15) is 15.6 Å². The summed E-state index contributed by atoms with van der Waals surface area (Å²) in [4.78, 5) is 11.0. The first kappa shape index (κ1) is 15.9. The van der Waals surface area contributed by atoms with Crippen LogP contribution in [0.2, 0.25) is 0 Å². The number of carbonyl (C=O) groups is 1. The number of carboxylic acid groups (broad SMARTS) is 1. The van der Waals surface area contributed by atoms with Gasteiger partial charge in [-0.15, -0.1) is 0 Å².